The fraction of sp³-hybridized carbons (Fsp3) is 0.300. The lowest BCUT2D eigenvalue weighted by Gasteiger charge is -2.16. The number of aryl methyl sites for hydroxylation is 1. The molecule has 1 atom stereocenters. The molecule has 6 nitrogen and oxygen atoms in total. The molecule has 0 bridgehead atoms. The molecular formula is C20H24N3O3+. The molecule has 0 fully saturated rings. The molecule has 1 aromatic carbocycles. The van der Waals surface area contributed by atoms with Crippen molar-refractivity contribution in [1.29, 1.82) is 0 Å². The van der Waals surface area contributed by atoms with Gasteiger partial charge in [-0.2, -0.15) is 0 Å². The molecule has 3 aromatic rings. The van der Waals surface area contributed by atoms with Gasteiger partial charge in [0.2, 0.25) is 0 Å². The van der Waals surface area contributed by atoms with Crippen LogP contribution >= 0.6 is 0 Å². The van der Waals surface area contributed by atoms with Gasteiger partial charge in [-0.25, -0.2) is 4.98 Å². The second-order valence-electron chi connectivity index (χ2n) is 6.43. The van der Waals surface area contributed by atoms with Crippen molar-refractivity contribution in [2.45, 2.75) is 20.0 Å². The quantitative estimate of drug-likeness (QED) is 0.724. The molecule has 2 aromatic heterocycles. The van der Waals surface area contributed by atoms with Gasteiger partial charge in [0.25, 0.3) is 5.56 Å². The van der Waals surface area contributed by atoms with Crippen LogP contribution < -0.4 is 19.9 Å². The molecule has 0 radical (unpaired) electrons. The van der Waals surface area contributed by atoms with Gasteiger partial charge in [0, 0.05) is 23.4 Å². The summed E-state index contributed by atoms with van der Waals surface area (Å²) in [4.78, 5) is 18.3. The summed E-state index contributed by atoms with van der Waals surface area (Å²) in [6, 6.07) is 13.1. The van der Waals surface area contributed by atoms with Crippen LogP contribution in [0.25, 0.3) is 5.65 Å². The van der Waals surface area contributed by atoms with Crippen LogP contribution in [0, 0.1) is 6.92 Å². The fourth-order valence-corrected chi connectivity index (χ4v) is 3.15. The van der Waals surface area contributed by atoms with Gasteiger partial charge in [-0.05, 0) is 31.2 Å². The van der Waals surface area contributed by atoms with Crippen molar-refractivity contribution in [1.82, 2.24) is 9.38 Å². The van der Waals surface area contributed by atoms with E-state index in [0.717, 1.165) is 35.0 Å². The molecule has 0 amide bonds. The van der Waals surface area contributed by atoms with Gasteiger partial charge >= 0.3 is 0 Å². The summed E-state index contributed by atoms with van der Waals surface area (Å²) >= 11 is 0. The van der Waals surface area contributed by atoms with Gasteiger partial charge in [-0.1, -0.05) is 6.07 Å². The van der Waals surface area contributed by atoms with E-state index in [2.05, 4.69) is 12.0 Å². The van der Waals surface area contributed by atoms with E-state index in [1.807, 2.05) is 43.3 Å². The second-order valence-corrected chi connectivity index (χ2v) is 6.43. The summed E-state index contributed by atoms with van der Waals surface area (Å²) in [5.74, 6) is 1.56. The number of ether oxygens (including phenoxy) is 2. The van der Waals surface area contributed by atoms with Crippen LogP contribution in [0.3, 0.4) is 0 Å². The first-order valence-electron chi connectivity index (χ1n) is 8.52. The van der Waals surface area contributed by atoms with Crippen molar-refractivity contribution in [2.75, 3.05) is 21.3 Å². The average Bonchev–Trinajstić information content (AvgIpc) is 2.61. The maximum atomic E-state index is 12.4. The Morgan fingerprint density at radius 1 is 1.08 bits per heavy atom. The van der Waals surface area contributed by atoms with E-state index in [4.69, 9.17) is 9.47 Å². The van der Waals surface area contributed by atoms with E-state index in [-0.39, 0.29) is 5.56 Å². The SMILES string of the molecule is COc1ccc(C[NH+](C)Cc2cc(=O)n3c(C)cccc3n2)c(OC)c1. The van der Waals surface area contributed by atoms with Crippen molar-refractivity contribution >= 4 is 5.65 Å². The molecule has 1 N–H and O–H groups in total. The van der Waals surface area contributed by atoms with Crippen LogP contribution in [-0.4, -0.2) is 30.7 Å². The normalized spacial score (nSPS) is 12.2. The Balaban J connectivity index is 1.81. The van der Waals surface area contributed by atoms with Gasteiger partial charge in [-0.3, -0.25) is 9.20 Å². The lowest BCUT2D eigenvalue weighted by atomic mass is 10.1. The van der Waals surface area contributed by atoms with E-state index < -0.39 is 0 Å². The Morgan fingerprint density at radius 2 is 1.88 bits per heavy atom. The molecule has 0 aliphatic carbocycles. The monoisotopic (exact) mass is 354 g/mol. The molecule has 0 saturated carbocycles. The van der Waals surface area contributed by atoms with E-state index in [1.54, 1.807) is 24.7 Å². The van der Waals surface area contributed by atoms with Crippen molar-refractivity contribution in [3.8, 4) is 11.5 Å². The number of hydrogen-bond donors (Lipinski definition) is 1. The lowest BCUT2D eigenvalue weighted by Crippen LogP contribution is -3.06. The van der Waals surface area contributed by atoms with Gasteiger partial charge in [0.1, 0.15) is 35.9 Å². The Morgan fingerprint density at radius 3 is 2.62 bits per heavy atom. The molecule has 6 heteroatoms. The third-order valence-electron chi connectivity index (χ3n) is 4.40. The number of methoxy groups -OCH3 is 2. The number of nitrogens with zero attached hydrogens (tertiary/aromatic N) is 2. The van der Waals surface area contributed by atoms with Crippen molar-refractivity contribution in [3.05, 3.63) is 69.8 Å². The van der Waals surface area contributed by atoms with Gasteiger partial charge in [0.15, 0.2) is 0 Å². The minimum atomic E-state index is -0.0436. The number of pyridine rings is 1. The van der Waals surface area contributed by atoms with Crippen LogP contribution in [0.2, 0.25) is 0 Å². The standard InChI is InChI=1S/C20H23N3O3/c1-14-6-5-7-19-21-16(10-20(24)23(14)19)13-22(2)12-15-8-9-17(25-3)11-18(15)26-4/h5-11H,12-13H2,1-4H3/p+1. The zero-order chi connectivity index (χ0) is 18.7. The van der Waals surface area contributed by atoms with Crippen LogP contribution in [0.4, 0.5) is 0 Å². The van der Waals surface area contributed by atoms with Crippen molar-refractivity contribution in [3.63, 3.8) is 0 Å². The Hall–Kier alpha value is -2.86. The van der Waals surface area contributed by atoms with E-state index in [1.165, 1.54) is 4.90 Å². The number of rotatable bonds is 6. The minimum Gasteiger partial charge on any atom is -0.497 e. The lowest BCUT2D eigenvalue weighted by molar-refractivity contribution is -0.908. The number of hydrogen-bond acceptors (Lipinski definition) is 4. The van der Waals surface area contributed by atoms with Crippen molar-refractivity contribution in [2.24, 2.45) is 0 Å². The zero-order valence-electron chi connectivity index (χ0n) is 15.6. The minimum absolute atomic E-state index is 0.0436. The van der Waals surface area contributed by atoms with E-state index >= 15 is 0 Å². The number of nitrogens with one attached hydrogen (secondary N) is 1. The highest BCUT2D eigenvalue weighted by atomic mass is 16.5. The summed E-state index contributed by atoms with van der Waals surface area (Å²) in [6.07, 6.45) is 0. The summed E-state index contributed by atoms with van der Waals surface area (Å²) in [7, 11) is 5.36. The van der Waals surface area contributed by atoms with Gasteiger partial charge in [0.05, 0.1) is 21.3 Å². The largest absolute Gasteiger partial charge is 0.497 e. The molecule has 3 rings (SSSR count). The van der Waals surface area contributed by atoms with Crippen LogP contribution in [0.15, 0.2) is 47.3 Å². The predicted octanol–water partition coefficient (Wildman–Crippen LogP) is 1.24. The molecule has 1 unspecified atom stereocenters. The molecular weight excluding hydrogens is 330 g/mol. The predicted molar refractivity (Wildman–Crippen MR) is 100 cm³/mol. The summed E-state index contributed by atoms with van der Waals surface area (Å²) in [5.41, 5.74) is 3.39. The second kappa shape index (κ2) is 7.58. The first kappa shape index (κ1) is 17.9. The average molecular weight is 354 g/mol. The number of benzene rings is 1. The molecule has 2 heterocycles. The highest BCUT2D eigenvalue weighted by Crippen LogP contribution is 2.23. The molecule has 0 aliphatic heterocycles. The number of quaternary nitrogens is 1. The van der Waals surface area contributed by atoms with Gasteiger partial charge in [-0.15, -0.1) is 0 Å². The fourth-order valence-electron chi connectivity index (χ4n) is 3.15. The summed E-state index contributed by atoms with van der Waals surface area (Å²) < 4.78 is 12.3. The molecule has 0 saturated heterocycles. The van der Waals surface area contributed by atoms with Crippen LogP contribution in [0.1, 0.15) is 17.0 Å². The third-order valence-corrected chi connectivity index (χ3v) is 4.40. The summed E-state index contributed by atoms with van der Waals surface area (Å²) in [5, 5.41) is 0. The van der Waals surface area contributed by atoms with Crippen molar-refractivity contribution < 1.29 is 14.4 Å². The summed E-state index contributed by atoms with van der Waals surface area (Å²) in [6.45, 7) is 3.31. The Kier molecular flexibility index (Phi) is 5.23. The molecule has 0 spiro atoms. The first-order chi connectivity index (χ1) is 12.5. The number of aromatic nitrogens is 2. The molecule has 26 heavy (non-hydrogen) atoms. The molecule has 0 aliphatic rings. The topological polar surface area (TPSA) is 57.3 Å². The Bertz CT molecular complexity index is 982. The van der Waals surface area contributed by atoms with E-state index in [0.29, 0.717) is 12.2 Å². The van der Waals surface area contributed by atoms with Gasteiger partial charge < -0.3 is 14.4 Å². The smallest absolute Gasteiger partial charge is 0.258 e. The van der Waals surface area contributed by atoms with E-state index in [9.17, 15) is 4.79 Å². The maximum Gasteiger partial charge on any atom is 0.258 e. The number of fused-ring (bicyclic) bond motifs is 1. The molecule has 136 valence electrons. The highest BCUT2D eigenvalue weighted by Gasteiger charge is 2.13. The zero-order valence-corrected chi connectivity index (χ0v) is 15.6. The highest BCUT2D eigenvalue weighted by molar-refractivity contribution is 5.41. The van der Waals surface area contributed by atoms with Crippen LogP contribution in [0.5, 0.6) is 11.5 Å². The first-order valence-corrected chi connectivity index (χ1v) is 8.52. The Labute approximate surface area is 152 Å². The maximum absolute atomic E-state index is 12.4. The van der Waals surface area contributed by atoms with Crippen LogP contribution in [-0.2, 0) is 13.1 Å². The third kappa shape index (κ3) is 3.70.